The SMILES string of the molecule is [CH2][C@@H](Cc1ccccc1)NC(=O)Nc1ccccc1. The average molecular weight is 253 g/mol. The minimum Gasteiger partial charge on any atom is -0.335 e. The third-order valence-corrected chi connectivity index (χ3v) is 2.69. The van der Waals surface area contributed by atoms with Gasteiger partial charge < -0.3 is 10.6 Å². The Kier molecular flexibility index (Phi) is 4.56. The monoisotopic (exact) mass is 253 g/mol. The molecular weight excluding hydrogens is 236 g/mol. The van der Waals surface area contributed by atoms with Crippen LogP contribution < -0.4 is 10.6 Å². The smallest absolute Gasteiger partial charge is 0.319 e. The second-order valence-electron chi connectivity index (χ2n) is 4.35. The van der Waals surface area contributed by atoms with Crippen LogP contribution in [0.1, 0.15) is 5.56 Å². The number of amides is 2. The summed E-state index contributed by atoms with van der Waals surface area (Å²) in [5, 5.41) is 5.58. The summed E-state index contributed by atoms with van der Waals surface area (Å²) >= 11 is 0. The van der Waals surface area contributed by atoms with Crippen molar-refractivity contribution in [2.75, 3.05) is 5.32 Å². The van der Waals surface area contributed by atoms with Crippen molar-refractivity contribution in [2.45, 2.75) is 12.5 Å². The van der Waals surface area contributed by atoms with Crippen LogP contribution in [0.4, 0.5) is 10.5 Å². The van der Waals surface area contributed by atoms with Crippen LogP contribution in [-0.2, 0) is 6.42 Å². The first-order valence-corrected chi connectivity index (χ1v) is 6.23. The Morgan fingerprint density at radius 1 is 1.00 bits per heavy atom. The van der Waals surface area contributed by atoms with Gasteiger partial charge in [-0.05, 0) is 31.0 Å². The van der Waals surface area contributed by atoms with Gasteiger partial charge in [0.2, 0.25) is 0 Å². The van der Waals surface area contributed by atoms with Crippen molar-refractivity contribution < 1.29 is 4.79 Å². The molecule has 0 aliphatic heterocycles. The zero-order valence-electron chi connectivity index (χ0n) is 10.7. The molecule has 0 bridgehead atoms. The maximum absolute atomic E-state index is 11.8. The third kappa shape index (κ3) is 4.47. The summed E-state index contributed by atoms with van der Waals surface area (Å²) in [6, 6.07) is 18.9. The predicted octanol–water partition coefficient (Wildman–Crippen LogP) is 3.25. The van der Waals surface area contributed by atoms with Crippen molar-refractivity contribution in [2.24, 2.45) is 0 Å². The second-order valence-corrected chi connectivity index (χ2v) is 4.35. The molecule has 0 aliphatic carbocycles. The molecule has 0 aromatic heterocycles. The molecule has 2 amide bonds. The highest BCUT2D eigenvalue weighted by atomic mass is 16.2. The fraction of sp³-hybridized carbons (Fsp3) is 0.125. The predicted molar refractivity (Wildman–Crippen MR) is 77.9 cm³/mol. The van der Waals surface area contributed by atoms with Crippen molar-refractivity contribution >= 4 is 11.7 Å². The number of carbonyl (C=O) groups is 1. The van der Waals surface area contributed by atoms with Crippen LogP contribution in [0.2, 0.25) is 0 Å². The van der Waals surface area contributed by atoms with Crippen LogP contribution in [0.15, 0.2) is 60.7 Å². The summed E-state index contributed by atoms with van der Waals surface area (Å²) in [5.74, 6) is 0. The van der Waals surface area contributed by atoms with Gasteiger partial charge >= 0.3 is 6.03 Å². The van der Waals surface area contributed by atoms with Gasteiger partial charge in [0.25, 0.3) is 0 Å². The van der Waals surface area contributed by atoms with E-state index in [9.17, 15) is 4.79 Å². The van der Waals surface area contributed by atoms with E-state index in [2.05, 4.69) is 17.6 Å². The van der Waals surface area contributed by atoms with Crippen molar-refractivity contribution in [1.29, 1.82) is 0 Å². The molecule has 2 aromatic carbocycles. The van der Waals surface area contributed by atoms with Crippen molar-refractivity contribution in [3.63, 3.8) is 0 Å². The normalized spacial score (nSPS) is 11.6. The summed E-state index contributed by atoms with van der Waals surface area (Å²) in [6.45, 7) is 3.94. The molecule has 0 heterocycles. The van der Waals surface area contributed by atoms with E-state index in [1.54, 1.807) is 0 Å². The van der Waals surface area contributed by atoms with E-state index in [0.29, 0.717) is 6.42 Å². The first kappa shape index (κ1) is 13.1. The summed E-state index contributed by atoms with van der Waals surface area (Å²) in [6.07, 6.45) is 0.711. The fourth-order valence-electron chi connectivity index (χ4n) is 1.82. The molecule has 2 rings (SSSR count). The van der Waals surface area contributed by atoms with Gasteiger partial charge in [-0.2, -0.15) is 0 Å². The van der Waals surface area contributed by atoms with Crippen molar-refractivity contribution in [3.8, 4) is 0 Å². The molecule has 2 N–H and O–H groups in total. The standard InChI is InChI=1S/C16H17N2O/c1-13(12-14-8-4-2-5-9-14)17-16(19)18-15-10-6-3-7-11-15/h2-11,13H,1,12H2,(H2,17,18,19)/t13-/m0/s1. The summed E-state index contributed by atoms with van der Waals surface area (Å²) in [5.41, 5.74) is 1.93. The summed E-state index contributed by atoms with van der Waals surface area (Å²) < 4.78 is 0. The zero-order chi connectivity index (χ0) is 13.5. The Morgan fingerprint density at radius 2 is 1.58 bits per heavy atom. The van der Waals surface area contributed by atoms with Gasteiger partial charge in [-0.25, -0.2) is 4.79 Å². The maximum Gasteiger partial charge on any atom is 0.319 e. The number of para-hydroxylation sites is 1. The molecule has 0 saturated heterocycles. The Balaban J connectivity index is 1.82. The molecule has 1 radical (unpaired) electrons. The minimum atomic E-state index is -0.234. The van der Waals surface area contributed by atoms with Gasteiger partial charge in [0.05, 0.1) is 0 Å². The first-order chi connectivity index (χ1) is 9.24. The topological polar surface area (TPSA) is 41.1 Å². The van der Waals surface area contributed by atoms with Gasteiger partial charge in [-0.1, -0.05) is 48.5 Å². The van der Waals surface area contributed by atoms with Crippen LogP contribution >= 0.6 is 0 Å². The van der Waals surface area contributed by atoms with Gasteiger partial charge in [-0.15, -0.1) is 0 Å². The number of nitrogens with one attached hydrogen (secondary N) is 2. The van der Waals surface area contributed by atoms with E-state index in [-0.39, 0.29) is 12.1 Å². The average Bonchev–Trinajstić information content (AvgIpc) is 2.40. The van der Waals surface area contributed by atoms with Crippen LogP contribution in [0.25, 0.3) is 0 Å². The lowest BCUT2D eigenvalue weighted by molar-refractivity contribution is 0.250. The molecule has 0 fully saturated rings. The largest absolute Gasteiger partial charge is 0.335 e. The Bertz CT molecular complexity index is 511. The lowest BCUT2D eigenvalue weighted by Gasteiger charge is -2.14. The number of hydrogen-bond acceptors (Lipinski definition) is 1. The van der Waals surface area contributed by atoms with E-state index in [0.717, 1.165) is 11.3 Å². The minimum absolute atomic E-state index is 0.161. The molecule has 3 nitrogen and oxygen atoms in total. The Hall–Kier alpha value is -2.29. The Labute approximate surface area is 113 Å². The lowest BCUT2D eigenvalue weighted by atomic mass is 10.1. The number of anilines is 1. The molecule has 19 heavy (non-hydrogen) atoms. The van der Waals surface area contributed by atoms with E-state index in [1.807, 2.05) is 60.7 Å². The molecular formula is C16H17N2O. The van der Waals surface area contributed by atoms with E-state index >= 15 is 0 Å². The Morgan fingerprint density at radius 3 is 2.21 bits per heavy atom. The molecule has 0 unspecified atom stereocenters. The summed E-state index contributed by atoms with van der Waals surface area (Å²) in [4.78, 5) is 11.8. The number of urea groups is 1. The summed E-state index contributed by atoms with van der Waals surface area (Å²) in [7, 11) is 0. The molecule has 3 heteroatoms. The highest BCUT2D eigenvalue weighted by Gasteiger charge is 2.07. The van der Waals surface area contributed by atoms with Gasteiger partial charge in [0.15, 0.2) is 0 Å². The quantitative estimate of drug-likeness (QED) is 0.862. The van der Waals surface area contributed by atoms with Crippen LogP contribution in [0, 0.1) is 6.92 Å². The number of benzene rings is 2. The zero-order valence-corrected chi connectivity index (χ0v) is 10.7. The van der Waals surface area contributed by atoms with Gasteiger partial charge in [-0.3, -0.25) is 0 Å². The van der Waals surface area contributed by atoms with Gasteiger partial charge in [0, 0.05) is 11.7 Å². The fourth-order valence-corrected chi connectivity index (χ4v) is 1.82. The highest BCUT2D eigenvalue weighted by molar-refractivity contribution is 5.89. The molecule has 97 valence electrons. The molecule has 1 atom stereocenters. The van der Waals surface area contributed by atoms with Crippen molar-refractivity contribution in [3.05, 3.63) is 73.2 Å². The third-order valence-electron chi connectivity index (χ3n) is 2.69. The lowest BCUT2D eigenvalue weighted by Crippen LogP contribution is -2.37. The number of rotatable bonds is 4. The maximum atomic E-state index is 11.8. The first-order valence-electron chi connectivity index (χ1n) is 6.23. The highest BCUT2D eigenvalue weighted by Crippen LogP contribution is 2.05. The van der Waals surface area contributed by atoms with Crippen LogP contribution in [0.3, 0.4) is 0 Å². The van der Waals surface area contributed by atoms with Crippen LogP contribution in [0.5, 0.6) is 0 Å². The van der Waals surface area contributed by atoms with Crippen LogP contribution in [-0.4, -0.2) is 12.1 Å². The molecule has 0 spiro atoms. The number of hydrogen-bond donors (Lipinski definition) is 2. The van der Waals surface area contributed by atoms with E-state index in [4.69, 9.17) is 0 Å². The van der Waals surface area contributed by atoms with Gasteiger partial charge in [0.1, 0.15) is 0 Å². The molecule has 0 aliphatic rings. The second kappa shape index (κ2) is 6.59. The number of carbonyl (C=O) groups excluding carboxylic acids is 1. The molecule has 0 saturated carbocycles. The van der Waals surface area contributed by atoms with Crippen molar-refractivity contribution in [1.82, 2.24) is 5.32 Å². The van der Waals surface area contributed by atoms with E-state index < -0.39 is 0 Å². The van der Waals surface area contributed by atoms with E-state index in [1.165, 1.54) is 0 Å². The molecule has 2 aromatic rings.